The highest BCUT2D eigenvalue weighted by atomic mass is 16.2. The number of nitrogens with zero attached hydrogens (tertiary/aromatic N) is 3. The van der Waals surface area contributed by atoms with Crippen LogP contribution in [0.1, 0.15) is 55.2 Å². The van der Waals surface area contributed by atoms with Crippen LogP contribution in [-0.4, -0.2) is 65.8 Å². The molecular formula is C34H40N4O. The lowest BCUT2D eigenvalue weighted by molar-refractivity contribution is 0.255. The molecule has 2 aromatic carbocycles. The van der Waals surface area contributed by atoms with Crippen molar-refractivity contribution in [1.29, 1.82) is 0 Å². The van der Waals surface area contributed by atoms with Crippen LogP contribution in [-0.2, 0) is 0 Å². The van der Waals surface area contributed by atoms with E-state index in [1.165, 1.54) is 64.7 Å². The molecule has 5 heteroatoms. The molecule has 3 aromatic rings. The van der Waals surface area contributed by atoms with Crippen molar-refractivity contribution in [3.05, 3.63) is 77.5 Å². The quantitative estimate of drug-likeness (QED) is 0.366. The highest BCUT2D eigenvalue weighted by Crippen LogP contribution is 2.16. The second-order valence-electron chi connectivity index (χ2n) is 10.1. The van der Waals surface area contributed by atoms with Gasteiger partial charge < -0.3 is 10.8 Å². The van der Waals surface area contributed by atoms with Crippen LogP contribution in [0.3, 0.4) is 0 Å². The summed E-state index contributed by atoms with van der Waals surface area (Å²) < 4.78 is 0. The molecule has 0 atom stereocenters. The van der Waals surface area contributed by atoms with Crippen molar-refractivity contribution >= 4 is 22.7 Å². The zero-order valence-electron chi connectivity index (χ0n) is 22.9. The number of rotatable bonds is 4. The summed E-state index contributed by atoms with van der Waals surface area (Å²) in [5.74, 6) is 13.0. The number of anilines is 1. The first-order valence-corrected chi connectivity index (χ1v) is 14.2. The van der Waals surface area contributed by atoms with E-state index in [1.807, 2.05) is 42.6 Å². The SMILES string of the molecule is C(#Cc1ccc2ncccc2c1)CN1CCCCC1.Nc1ccc(C#CCN2CCCCC2)cc1/C=C\CO. The van der Waals surface area contributed by atoms with Crippen LogP contribution in [0.5, 0.6) is 0 Å². The molecule has 0 aliphatic carbocycles. The van der Waals surface area contributed by atoms with E-state index in [4.69, 9.17) is 10.8 Å². The van der Waals surface area contributed by atoms with Crippen molar-refractivity contribution in [2.45, 2.75) is 38.5 Å². The number of likely N-dealkylation sites (tertiary alicyclic amines) is 2. The fraction of sp³-hybridized carbons (Fsp3) is 0.382. The first-order valence-electron chi connectivity index (χ1n) is 14.2. The lowest BCUT2D eigenvalue weighted by Crippen LogP contribution is -2.29. The number of hydrogen-bond donors (Lipinski definition) is 2. The molecule has 39 heavy (non-hydrogen) atoms. The van der Waals surface area contributed by atoms with Gasteiger partial charge in [-0.05, 0) is 99.9 Å². The first kappa shape index (κ1) is 28.4. The Morgan fingerprint density at radius 2 is 1.41 bits per heavy atom. The number of aromatic nitrogens is 1. The number of fused-ring (bicyclic) bond motifs is 1. The lowest BCUT2D eigenvalue weighted by Gasteiger charge is -2.23. The van der Waals surface area contributed by atoms with Gasteiger partial charge in [-0.1, -0.05) is 54.7 Å². The van der Waals surface area contributed by atoms with E-state index in [0.29, 0.717) is 5.69 Å². The molecule has 2 aliphatic rings. The van der Waals surface area contributed by atoms with Gasteiger partial charge in [-0.25, -0.2) is 0 Å². The summed E-state index contributed by atoms with van der Waals surface area (Å²) in [6.45, 7) is 6.50. The van der Waals surface area contributed by atoms with Gasteiger partial charge in [0.1, 0.15) is 0 Å². The van der Waals surface area contributed by atoms with Crippen molar-refractivity contribution < 1.29 is 5.11 Å². The van der Waals surface area contributed by atoms with Crippen molar-refractivity contribution in [3.63, 3.8) is 0 Å². The summed E-state index contributed by atoms with van der Waals surface area (Å²) in [5.41, 5.74) is 10.6. The van der Waals surface area contributed by atoms with Gasteiger partial charge in [0.15, 0.2) is 0 Å². The fourth-order valence-corrected chi connectivity index (χ4v) is 4.87. The smallest absolute Gasteiger partial charge is 0.0702 e. The molecule has 2 aliphatic heterocycles. The summed E-state index contributed by atoms with van der Waals surface area (Å²) in [6, 6.07) is 16.0. The van der Waals surface area contributed by atoms with E-state index in [1.54, 1.807) is 6.08 Å². The molecule has 0 radical (unpaired) electrons. The first-order chi connectivity index (χ1) is 19.2. The number of benzene rings is 2. The lowest BCUT2D eigenvalue weighted by atomic mass is 10.1. The minimum Gasteiger partial charge on any atom is -0.398 e. The molecule has 5 rings (SSSR count). The number of aliphatic hydroxyl groups is 1. The third kappa shape index (κ3) is 9.57. The Hall–Kier alpha value is -3.61. The number of pyridine rings is 1. The number of piperidine rings is 2. The normalized spacial score (nSPS) is 16.0. The van der Waals surface area contributed by atoms with Crippen molar-refractivity contribution in [3.8, 4) is 23.7 Å². The van der Waals surface area contributed by atoms with E-state index < -0.39 is 0 Å². The molecule has 5 nitrogen and oxygen atoms in total. The second-order valence-corrected chi connectivity index (χ2v) is 10.1. The second kappa shape index (κ2) is 15.7. The van der Waals surface area contributed by atoms with Crippen LogP contribution < -0.4 is 5.73 Å². The Balaban J connectivity index is 0.000000181. The van der Waals surface area contributed by atoms with Crippen LogP contribution in [0.15, 0.2) is 60.8 Å². The van der Waals surface area contributed by atoms with E-state index in [9.17, 15) is 0 Å². The van der Waals surface area contributed by atoms with Crippen LogP contribution >= 0.6 is 0 Å². The molecule has 2 fully saturated rings. The molecule has 2 saturated heterocycles. The van der Waals surface area contributed by atoms with Gasteiger partial charge in [-0.3, -0.25) is 14.8 Å². The molecule has 0 amide bonds. The molecule has 3 heterocycles. The minimum atomic E-state index is 0.0182. The molecule has 3 N–H and O–H groups in total. The van der Waals surface area contributed by atoms with E-state index in [-0.39, 0.29) is 6.61 Å². The molecule has 1 aromatic heterocycles. The molecule has 0 bridgehead atoms. The topological polar surface area (TPSA) is 65.6 Å². The number of nitrogen functional groups attached to an aromatic ring is 1. The highest BCUT2D eigenvalue weighted by molar-refractivity contribution is 5.79. The van der Waals surface area contributed by atoms with Crippen molar-refractivity contribution in [1.82, 2.24) is 14.8 Å². The number of hydrogen-bond acceptors (Lipinski definition) is 5. The minimum absolute atomic E-state index is 0.0182. The third-order valence-electron chi connectivity index (χ3n) is 7.06. The Kier molecular flexibility index (Phi) is 11.4. The predicted octanol–water partition coefficient (Wildman–Crippen LogP) is 5.18. The van der Waals surface area contributed by atoms with Gasteiger partial charge in [0.25, 0.3) is 0 Å². The third-order valence-corrected chi connectivity index (χ3v) is 7.06. The van der Waals surface area contributed by atoms with Crippen LogP contribution in [0, 0.1) is 23.7 Å². The average molecular weight is 521 g/mol. The van der Waals surface area contributed by atoms with Crippen LogP contribution in [0.25, 0.3) is 17.0 Å². The summed E-state index contributed by atoms with van der Waals surface area (Å²) in [4.78, 5) is 9.17. The highest BCUT2D eigenvalue weighted by Gasteiger charge is 2.08. The molecular weight excluding hydrogens is 480 g/mol. The molecule has 0 spiro atoms. The van der Waals surface area contributed by atoms with Crippen LogP contribution in [0.4, 0.5) is 5.69 Å². The maximum atomic E-state index is 8.81. The average Bonchev–Trinajstić information content (AvgIpc) is 2.99. The van der Waals surface area contributed by atoms with Gasteiger partial charge in [0.05, 0.1) is 25.2 Å². The van der Waals surface area contributed by atoms with Crippen molar-refractivity contribution in [2.75, 3.05) is 51.6 Å². The van der Waals surface area contributed by atoms with Gasteiger partial charge in [-0.2, -0.15) is 0 Å². The maximum Gasteiger partial charge on any atom is 0.0702 e. The molecule has 0 saturated carbocycles. The van der Waals surface area contributed by atoms with Gasteiger partial charge in [-0.15, -0.1) is 0 Å². The van der Waals surface area contributed by atoms with E-state index in [0.717, 1.165) is 40.7 Å². The standard InChI is InChI=1S/C17H22N2O.C17H18N2/c18-17-9-8-15(14-16(17)7-5-13-20)6-4-12-19-10-2-1-3-11-19;1-2-11-19(12-3-1)13-5-6-15-8-9-17-16(14-15)7-4-10-18-17/h5,7-9,14,20H,1-3,10-13,18H2;4,7-10,14H,1-3,11-13H2/b7-5-;. The van der Waals surface area contributed by atoms with Gasteiger partial charge in [0.2, 0.25) is 0 Å². The molecule has 202 valence electrons. The Morgan fingerprint density at radius 3 is 2.05 bits per heavy atom. The zero-order valence-corrected chi connectivity index (χ0v) is 22.9. The summed E-state index contributed by atoms with van der Waals surface area (Å²) in [5, 5.41) is 9.97. The van der Waals surface area contributed by atoms with E-state index >= 15 is 0 Å². The zero-order chi connectivity index (χ0) is 27.1. The molecule has 0 unspecified atom stereocenters. The van der Waals surface area contributed by atoms with Crippen molar-refractivity contribution in [2.24, 2.45) is 0 Å². The van der Waals surface area contributed by atoms with Gasteiger partial charge >= 0.3 is 0 Å². The fourth-order valence-electron chi connectivity index (χ4n) is 4.87. The monoisotopic (exact) mass is 520 g/mol. The van der Waals surface area contributed by atoms with Crippen LogP contribution in [0.2, 0.25) is 0 Å². The summed E-state index contributed by atoms with van der Waals surface area (Å²) in [7, 11) is 0. The predicted molar refractivity (Wildman–Crippen MR) is 163 cm³/mol. The Morgan fingerprint density at radius 1 is 0.795 bits per heavy atom. The summed E-state index contributed by atoms with van der Waals surface area (Å²) >= 11 is 0. The van der Waals surface area contributed by atoms with Gasteiger partial charge in [0, 0.05) is 28.4 Å². The Bertz CT molecular complexity index is 1350. The summed E-state index contributed by atoms with van der Waals surface area (Å²) in [6.07, 6.45) is 13.3. The number of nitrogens with two attached hydrogens (primary N) is 1. The Labute approximate surface area is 233 Å². The van der Waals surface area contributed by atoms with E-state index in [2.05, 4.69) is 56.7 Å². The maximum absolute atomic E-state index is 8.81. The largest absolute Gasteiger partial charge is 0.398 e. The number of aliphatic hydroxyl groups excluding tert-OH is 1.